The van der Waals surface area contributed by atoms with Crippen LogP contribution in [0.5, 0.6) is 0 Å². The lowest BCUT2D eigenvalue weighted by molar-refractivity contribution is 0.0101. The molecule has 0 aromatic heterocycles. The van der Waals surface area contributed by atoms with Gasteiger partial charge in [0.05, 0.1) is 18.5 Å². The summed E-state index contributed by atoms with van der Waals surface area (Å²) in [5.74, 6) is 1.61. The van der Waals surface area contributed by atoms with Gasteiger partial charge in [-0.25, -0.2) is 0 Å². The first-order valence-electron chi connectivity index (χ1n) is 19.1. The van der Waals surface area contributed by atoms with E-state index in [1.807, 2.05) is 0 Å². The van der Waals surface area contributed by atoms with Crippen molar-refractivity contribution in [2.45, 2.75) is 102 Å². The van der Waals surface area contributed by atoms with Crippen molar-refractivity contribution in [3.05, 3.63) is 136 Å². The van der Waals surface area contributed by atoms with Crippen LogP contribution in [-0.2, 0) is 5.41 Å². The molecule has 0 saturated carbocycles. The van der Waals surface area contributed by atoms with Crippen LogP contribution in [0.15, 0.2) is 125 Å². The summed E-state index contributed by atoms with van der Waals surface area (Å²) in [6.07, 6.45) is 38.2. The van der Waals surface area contributed by atoms with Gasteiger partial charge in [0.1, 0.15) is 0 Å². The molecule has 1 aromatic rings. The van der Waals surface area contributed by atoms with Gasteiger partial charge in [-0.3, -0.25) is 15.5 Å². The van der Waals surface area contributed by atoms with Crippen LogP contribution in [0, 0.1) is 23.7 Å². The largest absolute Gasteiger partial charge is 0.308 e. The molecule has 0 radical (unpaired) electrons. The third-order valence-corrected chi connectivity index (χ3v) is 13.1. The smallest absolute Gasteiger partial charge is 0.0822 e. The molecule has 49 heavy (non-hydrogen) atoms. The third kappa shape index (κ3) is 5.99. The Bertz CT molecular complexity index is 1690. The fourth-order valence-corrected chi connectivity index (χ4v) is 10.3. The van der Waals surface area contributed by atoms with Crippen molar-refractivity contribution in [3.8, 4) is 0 Å². The summed E-state index contributed by atoms with van der Waals surface area (Å²) >= 11 is 0. The van der Waals surface area contributed by atoms with Crippen LogP contribution in [-0.4, -0.2) is 42.5 Å². The van der Waals surface area contributed by atoms with Crippen molar-refractivity contribution >= 4 is 6.08 Å². The maximum absolute atomic E-state index is 4.17. The zero-order valence-corrected chi connectivity index (χ0v) is 30.2. The van der Waals surface area contributed by atoms with Crippen molar-refractivity contribution in [2.75, 3.05) is 7.05 Å². The van der Waals surface area contributed by atoms with Crippen LogP contribution in [0.1, 0.15) is 77.3 Å². The summed E-state index contributed by atoms with van der Waals surface area (Å²) in [6, 6.07) is 10.1. The molecule has 0 spiro atoms. The highest BCUT2D eigenvalue weighted by molar-refractivity contribution is 5.67. The molecule has 7 aliphatic rings. The first kappa shape index (κ1) is 32.9. The summed E-state index contributed by atoms with van der Waals surface area (Å²) in [4.78, 5) is 2.58. The van der Waals surface area contributed by atoms with E-state index < -0.39 is 0 Å². The average molecular weight is 653 g/mol. The van der Waals surface area contributed by atoms with Gasteiger partial charge < -0.3 is 5.32 Å². The molecule has 1 saturated heterocycles. The van der Waals surface area contributed by atoms with Crippen LogP contribution in [0.25, 0.3) is 6.08 Å². The molecular weight excluding hydrogens is 597 g/mol. The highest BCUT2D eigenvalue weighted by Gasteiger charge is 2.46. The number of nitrogens with zero attached hydrogens (tertiary/aromatic N) is 1. The Morgan fingerprint density at radius 2 is 1.53 bits per heavy atom. The second kappa shape index (κ2) is 13.5. The predicted octanol–water partition coefficient (Wildman–Crippen LogP) is 8.63. The molecule has 9 unspecified atom stereocenters. The molecule has 2 heterocycles. The Labute approximate surface area is 295 Å². The number of hydrogen-bond acceptors (Lipinski definition) is 4. The molecule has 0 bridgehead atoms. The van der Waals surface area contributed by atoms with E-state index in [1.54, 1.807) is 16.7 Å². The molecule has 9 atom stereocenters. The molecule has 3 N–H and O–H groups in total. The Morgan fingerprint density at radius 1 is 0.816 bits per heavy atom. The predicted molar refractivity (Wildman–Crippen MR) is 205 cm³/mol. The summed E-state index contributed by atoms with van der Waals surface area (Å²) in [7, 11) is 2.31. The van der Waals surface area contributed by atoms with Crippen molar-refractivity contribution in [1.29, 1.82) is 0 Å². The first-order valence-corrected chi connectivity index (χ1v) is 19.1. The van der Waals surface area contributed by atoms with Gasteiger partial charge in [0.25, 0.3) is 0 Å². The topological polar surface area (TPSA) is 39.3 Å². The number of benzene rings is 1. The van der Waals surface area contributed by atoms with Crippen LogP contribution < -0.4 is 16.0 Å². The highest BCUT2D eigenvalue weighted by atomic mass is 15.4. The van der Waals surface area contributed by atoms with Crippen molar-refractivity contribution in [2.24, 2.45) is 23.7 Å². The summed E-state index contributed by atoms with van der Waals surface area (Å²) in [5, 5.41) is 12.2. The van der Waals surface area contributed by atoms with E-state index in [-0.39, 0.29) is 23.9 Å². The zero-order chi connectivity index (χ0) is 33.7. The molecular formula is C45H56N4. The number of nitrogens with one attached hydrogen (secondary N) is 3. The number of fused-ring (bicyclic) bond motifs is 3. The van der Waals surface area contributed by atoms with E-state index in [1.165, 1.54) is 28.7 Å². The van der Waals surface area contributed by atoms with E-state index in [4.69, 9.17) is 0 Å². The minimum atomic E-state index is 0.107. The van der Waals surface area contributed by atoms with Crippen LogP contribution in [0.4, 0.5) is 0 Å². The Morgan fingerprint density at radius 3 is 2.22 bits per heavy atom. The number of allylic oxidation sites excluding steroid dienone is 12. The van der Waals surface area contributed by atoms with E-state index in [2.05, 4.69) is 159 Å². The fraction of sp³-hybridized carbons (Fsp3) is 0.467. The zero-order valence-electron chi connectivity index (χ0n) is 30.2. The Hall–Kier alpha value is -3.28. The molecule has 2 aliphatic heterocycles. The average Bonchev–Trinajstić information content (AvgIpc) is 3.13. The van der Waals surface area contributed by atoms with Gasteiger partial charge in [0, 0.05) is 41.2 Å². The van der Waals surface area contributed by atoms with Gasteiger partial charge in [-0.2, -0.15) is 0 Å². The van der Waals surface area contributed by atoms with Crippen molar-refractivity contribution in [1.82, 2.24) is 20.9 Å². The van der Waals surface area contributed by atoms with E-state index >= 15 is 0 Å². The molecule has 1 aromatic carbocycles. The van der Waals surface area contributed by atoms with Gasteiger partial charge in [0.15, 0.2) is 0 Å². The van der Waals surface area contributed by atoms with Crippen LogP contribution >= 0.6 is 0 Å². The monoisotopic (exact) mass is 652 g/mol. The number of rotatable bonds is 5. The summed E-state index contributed by atoms with van der Waals surface area (Å²) < 4.78 is 0. The van der Waals surface area contributed by atoms with Gasteiger partial charge in [-0.1, -0.05) is 121 Å². The lowest BCUT2D eigenvalue weighted by Gasteiger charge is -2.51. The SMILES string of the molecule is CC1=C(C2=CC=C(C3NC(C4C=CC=CC4)N(C)C(C4C=CC=CC4)N3)CC2C2=Cc3ccccc3C3(C)CCC=CC23)CC(C)NC1C. The molecule has 8 rings (SSSR count). The van der Waals surface area contributed by atoms with Gasteiger partial charge >= 0.3 is 0 Å². The Kier molecular flexibility index (Phi) is 9.03. The third-order valence-electron chi connectivity index (χ3n) is 13.1. The maximum Gasteiger partial charge on any atom is 0.0822 e. The van der Waals surface area contributed by atoms with Crippen LogP contribution in [0.3, 0.4) is 0 Å². The summed E-state index contributed by atoms with van der Waals surface area (Å²) in [5.41, 5.74) is 10.8. The standard InChI is InChI=1S/C45H56N4/c1-29-26-37(30(2)31(3)46-29)36-24-23-35(28-38(36)39-27-34-20-12-13-21-40(34)45(4)25-15-14-22-41(39)45)42-47-43(32-16-8-6-9-17-32)49(5)44(48-42)33-18-10-7-11-19-33/h6-14,16,18,20-24,27,29,31-33,38,41-44,46-48H,15,17,19,25-26,28H2,1-5H3. The highest BCUT2D eigenvalue weighted by Crippen LogP contribution is 2.54. The molecule has 0 amide bonds. The Balaban J connectivity index is 1.22. The molecule has 5 aliphatic carbocycles. The summed E-state index contributed by atoms with van der Waals surface area (Å²) in [6.45, 7) is 9.62. The molecule has 4 nitrogen and oxygen atoms in total. The quantitative estimate of drug-likeness (QED) is 0.279. The molecule has 4 heteroatoms. The maximum atomic E-state index is 4.17. The minimum Gasteiger partial charge on any atom is -0.308 e. The first-order chi connectivity index (χ1) is 23.8. The van der Waals surface area contributed by atoms with Crippen molar-refractivity contribution < 1.29 is 0 Å². The molecule has 1 fully saturated rings. The lowest BCUT2D eigenvalue weighted by Crippen LogP contribution is -2.71. The molecule has 256 valence electrons. The van der Waals surface area contributed by atoms with Gasteiger partial charge in [-0.05, 0) is 94.2 Å². The van der Waals surface area contributed by atoms with E-state index in [0.29, 0.717) is 35.8 Å². The van der Waals surface area contributed by atoms with E-state index in [0.717, 1.165) is 32.1 Å². The van der Waals surface area contributed by atoms with Crippen molar-refractivity contribution in [3.63, 3.8) is 0 Å². The van der Waals surface area contributed by atoms with Gasteiger partial charge in [-0.15, -0.1) is 0 Å². The minimum absolute atomic E-state index is 0.107. The lowest BCUT2D eigenvalue weighted by atomic mass is 9.56. The second-order valence-electron chi connectivity index (χ2n) is 16.1. The normalized spacial score (nSPS) is 38.9. The van der Waals surface area contributed by atoms with Gasteiger partial charge in [0.2, 0.25) is 0 Å². The van der Waals surface area contributed by atoms with Crippen LogP contribution in [0.2, 0.25) is 0 Å². The fourth-order valence-electron chi connectivity index (χ4n) is 10.3. The van der Waals surface area contributed by atoms with E-state index in [9.17, 15) is 0 Å². The number of hydrogen-bond donors (Lipinski definition) is 3. The second-order valence-corrected chi connectivity index (χ2v) is 16.1.